The van der Waals surface area contributed by atoms with Crippen molar-refractivity contribution in [2.75, 3.05) is 0 Å². The lowest BCUT2D eigenvalue weighted by Gasteiger charge is -2.22. The molecule has 1 heterocycles. The number of carbonyl (C=O) groups is 2. The van der Waals surface area contributed by atoms with E-state index in [2.05, 4.69) is 10.3 Å². The molecule has 0 aromatic rings. The van der Waals surface area contributed by atoms with Gasteiger partial charge in [-0.1, -0.05) is 43.9 Å². The fraction of sp³-hybridized carbons (Fsp3) is 0.500. The van der Waals surface area contributed by atoms with Gasteiger partial charge < -0.3 is 10.4 Å². The summed E-state index contributed by atoms with van der Waals surface area (Å²) in [5.74, 6) is -1.17. The summed E-state index contributed by atoms with van der Waals surface area (Å²) < 4.78 is 0. The molecule has 5 heteroatoms. The Bertz CT molecular complexity index is 620. The molecule has 122 valence electrons. The highest BCUT2D eigenvalue weighted by Crippen LogP contribution is 2.27. The monoisotopic (exact) mass is 314 g/mol. The van der Waals surface area contributed by atoms with Gasteiger partial charge in [-0.2, -0.15) is 0 Å². The van der Waals surface area contributed by atoms with E-state index in [-0.39, 0.29) is 29.7 Å². The lowest BCUT2D eigenvalue weighted by atomic mass is 9.89. The molecule has 2 amide bonds. The van der Waals surface area contributed by atoms with Crippen molar-refractivity contribution in [1.29, 1.82) is 0 Å². The molecule has 2 aliphatic carbocycles. The maximum Gasteiger partial charge on any atom is 0.277 e. The fourth-order valence-electron chi connectivity index (χ4n) is 3.38. The number of nitrogens with zero attached hydrogens (tertiary/aromatic N) is 1. The summed E-state index contributed by atoms with van der Waals surface area (Å²) in [6.07, 6.45) is 13.6. The maximum atomic E-state index is 12.3. The number of hydrogen-bond acceptors (Lipinski definition) is 3. The van der Waals surface area contributed by atoms with Crippen molar-refractivity contribution < 1.29 is 14.7 Å². The Morgan fingerprint density at radius 1 is 1.22 bits per heavy atom. The number of aliphatic imine (C=N–C) groups is 1. The van der Waals surface area contributed by atoms with Crippen molar-refractivity contribution in [3.63, 3.8) is 0 Å². The van der Waals surface area contributed by atoms with Crippen LogP contribution in [0.4, 0.5) is 0 Å². The van der Waals surface area contributed by atoms with Gasteiger partial charge in [-0.05, 0) is 18.9 Å². The van der Waals surface area contributed by atoms with Crippen molar-refractivity contribution in [3.05, 3.63) is 35.6 Å². The van der Waals surface area contributed by atoms with Crippen LogP contribution >= 0.6 is 0 Å². The first-order chi connectivity index (χ1) is 11.1. The van der Waals surface area contributed by atoms with Crippen LogP contribution in [0.1, 0.15) is 44.9 Å². The van der Waals surface area contributed by atoms with E-state index in [9.17, 15) is 14.7 Å². The molecule has 0 bridgehead atoms. The molecule has 0 spiro atoms. The number of hydrogen-bond donors (Lipinski definition) is 2. The number of fused-ring (bicyclic) bond motifs is 1. The molecule has 0 saturated heterocycles. The van der Waals surface area contributed by atoms with E-state index >= 15 is 0 Å². The first-order valence-electron chi connectivity index (χ1n) is 8.34. The van der Waals surface area contributed by atoms with E-state index in [1.165, 1.54) is 12.8 Å². The summed E-state index contributed by atoms with van der Waals surface area (Å²) in [4.78, 5) is 28.3. The van der Waals surface area contributed by atoms with Gasteiger partial charge in [0, 0.05) is 6.04 Å². The third-order valence-corrected chi connectivity index (χ3v) is 4.65. The van der Waals surface area contributed by atoms with Crippen LogP contribution in [0.15, 0.2) is 40.6 Å². The normalized spacial score (nSPS) is 25.0. The quantitative estimate of drug-likeness (QED) is 0.786. The minimum atomic E-state index is -0.510. The van der Waals surface area contributed by atoms with Crippen LogP contribution in [0.5, 0.6) is 0 Å². The summed E-state index contributed by atoms with van der Waals surface area (Å²) in [6, 6.07) is 0.183. The zero-order chi connectivity index (χ0) is 16.2. The standard InChI is InChI=1S/C18H22N2O3/c21-16(19-12-7-3-1-2-4-8-12)11-14-17(22)13-9-5-6-10-15(13)20-18(14)23/h5-6,9-10,12-13,22H,1-4,7-8,11H2,(H,19,21). The van der Waals surface area contributed by atoms with Crippen LogP contribution in [0.3, 0.4) is 0 Å². The van der Waals surface area contributed by atoms with E-state index in [1.807, 2.05) is 0 Å². The molecule has 1 atom stereocenters. The number of aliphatic hydroxyl groups is 1. The lowest BCUT2D eigenvalue weighted by Crippen LogP contribution is -2.36. The van der Waals surface area contributed by atoms with Crippen LogP contribution in [-0.2, 0) is 9.59 Å². The molecule has 3 aliphatic rings. The lowest BCUT2D eigenvalue weighted by molar-refractivity contribution is -0.123. The number of aliphatic hydroxyl groups excluding tert-OH is 1. The van der Waals surface area contributed by atoms with Crippen molar-refractivity contribution in [1.82, 2.24) is 5.32 Å². The predicted octanol–water partition coefficient (Wildman–Crippen LogP) is 2.75. The van der Waals surface area contributed by atoms with Gasteiger partial charge in [0.25, 0.3) is 5.91 Å². The van der Waals surface area contributed by atoms with Gasteiger partial charge in [0.1, 0.15) is 5.76 Å². The summed E-state index contributed by atoms with van der Waals surface area (Å²) in [5, 5.41) is 13.3. The van der Waals surface area contributed by atoms with E-state index in [0.29, 0.717) is 5.71 Å². The van der Waals surface area contributed by atoms with E-state index in [0.717, 1.165) is 25.7 Å². The highest BCUT2D eigenvalue weighted by Gasteiger charge is 2.31. The highest BCUT2D eigenvalue weighted by molar-refractivity contribution is 6.15. The van der Waals surface area contributed by atoms with Crippen molar-refractivity contribution in [3.8, 4) is 0 Å². The molecule has 1 fully saturated rings. The summed E-state index contributed by atoms with van der Waals surface area (Å²) in [7, 11) is 0. The number of amides is 2. The van der Waals surface area contributed by atoms with Crippen LogP contribution in [0, 0.1) is 5.92 Å². The Hall–Kier alpha value is -2.17. The Balaban J connectivity index is 1.66. The second kappa shape index (κ2) is 6.94. The second-order valence-corrected chi connectivity index (χ2v) is 6.36. The van der Waals surface area contributed by atoms with Gasteiger partial charge >= 0.3 is 0 Å². The maximum absolute atomic E-state index is 12.3. The van der Waals surface area contributed by atoms with Crippen LogP contribution in [0.25, 0.3) is 0 Å². The third kappa shape index (κ3) is 3.60. The summed E-state index contributed by atoms with van der Waals surface area (Å²) in [6.45, 7) is 0. The molecular formula is C18H22N2O3. The number of nitrogens with one attached hydrogen (secondary N) is 1. The largest absolute Gasteiger partial charge is 0.511 e. The van der Waals surface area contributed by atoms with E-state index in [1.54, 1.807) is 24.3 Å². The second-order valence-electron chi connectivity index (χ2n) is 6.36. The highest BCUT2D eigenvalue weighted by atomic mass is 16.3. The molecule has 1 aliphatic heterocycles. The van der Waals surface area contributed by atoms with Gasteiger partial charge in [0.2, 0.25) is 5.91 Å². The number of allylic oxidation sites excluding steroid dienone is 4. The van der Waals surface area contributed by atoms with E-state index < -0.39 is 11.8 Å². The molecule has 0 aromatic heterocycles. The smallest absolute Gasteiger partial charge is 0.277 e. The molecule has 0 radical (unpaired) electrons. The van der Waals surface area contributed by atoms with Crippen molar-refractivity contribution in [2.45, 2.75) is 51.0 Å². The van der Waals surface area contributed by atoms with Gasteiger partial charge in [0.05, 0.1) is 23.6 Å². The van der Waals surface area contributed by atoms with Gasteiger partial charge in [-0.15, -0.1) is 0 Å². The Morgan fingerprint density at radius 2 is 1.96 bits per heavy atom. The average Bonchev–Trinajstić information content (AvgIpc) is 2.80. The topological polar surface area (TPSA) is 78.8 Å². The van der Waals surface area contributed by atoms with Crippen LogP contribution < -0.4 is 5.32 Å². The van der Waals surface area contributed by atoms with Crippen LogP contribution in [0.2, 0.25) is 0 Å². The summed E-state index contributed by atoms with van der Waals surface area (Å²) >= 11 is 0. The molecule has 1 saturated carbocycles. The average molecular weight is 314 g/mol. The van der Waals surface area contributed by atoms with Crippen molar-refractivity contribution in [2.24, 2.45) is 10.9 Å². The Kier molecular flexibility index (Phi) is 4.74. The molecule has 3 rings (SSSR count). The molecule has 5 nitrogen and oxygen atoms in total. The molecule has 0 aromatic carbocycles. The zero-order valence-corrected chi connectivity index (χ0v) is 13.1. The zero-order valence-electron chi connectivity index (χ0n) is 13.1. The molecule has 1 unspecified atom stereocenters. The first kappa shape index (κ1) is 15.7. The van der Waals surface area contributed by atoms with Gasteiger partial charge in [-0.3, -0.25) is 9.59 Å². The van der Waals surface area contributed by atoms with Crippen LogP contribution in [-0.4, -0.2) is 28.7 Å². The predicted molar refractivity (Wildman–Crippen MR) is 88.1 cm³/mol. The fourth-order valence-corrected chi connectivity index (χ4v) is 3.38. The SMILES string of the molecule is O=C(CC1=C(O)C2C=CC=CC2=NC1=O)NC1CCCCCC1. The van der Waals surface area contributed by atoms with Crippen molar-refractivity contribution >= 4 is 17.5 Å². The number of carbonyl (C=O) groups excluding carboxylic acids is 2. The Labute approximate surface area is 135 Å². The van der Waals surface area contributed by atoms with E-state index in [4.69, 9.17) is 0 Å². The third-order valence-electron chi connectivity index (χ3n) is 4.65. The minimum Gasteiger partial charge on any atom is -0.511 e. The van der Waals surface area contributed by atoms with Gasteiger partial charge in [0.15, 0.2) is 0 Å². The summed E-state index contributed by atoms with van der Waals surface area (Å²) in [5.41, 5.74) is 0.646. The minimum absolute atomic E-state index is 0.0448. The van der Waals surface area contributed by atoms with Gasteiger partial charge in [-0.25, -0.2) is 4.99 Å². The number of dihydropyridines is 1. The first-order valence-corrected chi connectivity index (χ1v) is 8.34. The molecule has 23 heavy (non-hydrogen) atoms. The molecule has 2 N–H and O–H groups in total. The molecular weight excluding hydrogens is 292 g/mol. The number of rotatable bonds is 3. The Morgan fingerprint density at radius 3 is 2.70 bits per heavy atom.